The van der Waals surface area contributed by atoms with Crippen LogP contribution >= 0.6 is 0 Å². The van der Waals surface area contributed by atoms with Gasteiger partial charge < -0.3 is 15.5 Å². The van der Waals surface area contributed by atoms with Crippen LogP contribution in [0.3, 0.4) is 0 Å². The van der Waals surface area contributed by atoms with Crippen LogP contribution in [0.4, 0.5) is 8.78 Å². The largest absolute Gasteiger partial charge is 0.507 e. The number of phenolic OH excluding ortho intramolecular Hbond substituents is 1. The number of aliphatic hydroxyl groups excluding tert-OH is 1. The highest BCUT2D eigenvalue weighted by Gasteiger charge is 2.21. The molecule has 0 heterocycles. The van der Waals surface area contributed by atoms with Gasteiger partial charge >= 0.3 is 0 Å². The molecule has 0 spiro atoms. The van der Waals surface area contributed by atoms with Gasteiger partial charge in [0.25, 0.3) is 5.91 Å². The van der Waals surface area contributed by atoms with Crippen molar-refractivity contribution in [2.45, 2.75) is 19.4 Å². The van der Waals surface area contributed by atoms with Crippen molar-refractivity contribution < 1.29 is 23.8 Å². The third kappa shape index (κ3) is 4.26. The van der Waals surface area contributed by atoms with Crippen LogP contribution in [0, 0.1) is 18.6 Å². The summed E-state index contributed by atoms with van der Waals surface area (Å²) in [4.78, 5) is 12.1. The van der Waals surface area contributed by atoms with E-state index in [2.05, 4.69) is 5.32 Å². The number of rotatable bonds is 5. The van der Waals surface area contributed by atoms with Crippen molar-refractivity contribution in [2.24, 2.45) is 0 Å². The van der Waals surface area contributed by atoms with Crippen molar-refractivity contribution in [3.05, 3.63) is 64.7 Å². The minimum atomic E-state index is -1.16. The molecule has 2 aromatic carbocycles. The Kier molecular flexibility index (Phi) is 5.28. The molecule has 3 N–H and O–H groups in total. The summed E-state index contributed by atoms with van der Waals surface area (Å²) >= 11 is 0. The second kappa shape index (κ2) is 7.19. The van der Waals surface area contributed by atoms with Gasteiger partial charge in [-0.3, -0.25) is 4.79 Å². The Balaban J connectivity index is 2.12. The quantitative estimate of drug-likeness (QED) is 0.791. The van der Waals surface area contributed by atoms with E-state index < -0.39 is 34.9 Å². The predicted molar refractivity (Wildman–Crippen MR) is 81.2 cm³/mol. The van der Waals surface area contributed by atoms with E-state index in [1.807, 2.05) is 31.2 Å². The van der Waals surface area contributed by atoms with E-state index in [0.717, 1.165) is 11.1 Å². The molecule has 0 saturated carbocycles. The first-order valence-electron chi connectivity index (χ1n) is 7.06. The monoisotopic (exact) mass is 321 g/mol. The summed E-state index contributed by atoms with van der Waals surface area (Å²) in [6.45, 7) is 1.58. The van der Waals surface area contributed by atoms with E-state index in [9.17, 15) is 23.8 Å². The number of halogens is 2. The number of nitrogens with one attached hydrogen (secondary N) is 1. The fourth-order valence-corrected chi connectivity index (χ4v) is 2.21. The molecule has 0 aliphatic rings. The highest BCUT2D eigenvalue weighted by Crippen LogP contribution is 2.22. The zero-order valence-electron chi connectivity index (χ0n) is 12.5. The van der Waals surface area contributed by atoms with Gasteiger partial charge in [-0.2, -0.15) is 0 Å². The number of aliphatic hydroxyl groups is 1. The zero-order chi connectivity index (χ0) is 17.0. The molecule has 0 aromatic heterocycles. The Morgan fingerprint density at radius 2 is 1.87 bits per heavy atom. The van der Waals surface area contributed by atoms with Crippen molar-refractivity contribution in [3.63, 3.8) is 0 Å². The van der Waals surface area contributed by atoms with Gasteiger partial charge in [0.1, 0.15) is 22.9 Å². The number of hydrogen-bond donors (Lipinski definition) is 3. The molecule has 1 atom stereocenters. The summed E-state index contributed by atoms with van der Waals surface area (Å²) < 4.78 is 26.6. The number of amides is 1. The summed E-state index contributed by atoms with van der Waals surface area (Å²) in [5.74, 6) is -3.83. The lowest BCUT2D eigenvalue weighted by Gasteiger charge is -2.17. The number of carbonyl (C=O) groups excluding carboxylic acids is 1. The van der Waals surface area contributed by atoms with Gasteiger partial charge in [0.15, 0.2) is 0 Å². The SMILES string of the molecule is Cc1ccc(C[C@H](CO)NC(=O)c2c(O)cc(F)cc2F)cc1. The number of benzene rings is 2. The fourth-order valence-electron chi connectivity index (χ4n) is 2.21. The summed E-state index contributed by atoms with van der Waals surface area (Å²) in [6.07, 6.45) is 0.339. The average Bonchev–Trinajstić information content (AvgIpc) is 2.47. The molecule has 23 heavy (non-hydrogen) atoms. The minimum absolute atomic E-state index is 0.339. The number of carbonyl (C=O) groups is 1. The van der Waals surface area contributed by atoms with Crippen LogP contribution in [0.25, 0.3) is 0 Å². The molecule has 2 aromatic rings. The molecular weight excluding hydrogens is 304 g/mol. The lowest BCUT2D eigenvalue weighted by molar-refractivity contribution is 0.0909. The lowest BCUT2D eigenvalue weighted by Crippen LogP contribution is -2.39. The lowest BCUT2D eigenvalue weighted by atomic mass is 10.0. The van der Waals surface area contributed by atoms with E-state index in [4.69, 9.17) is 0 Å². The standard InChI is InChI=1S/C17H17F2NO3/c1-10-2-4-11(5-3-10)6-13(9-21)20-17(23)16-14(19)7-12(18)8-15(16)22/h2-5,7-8,13,21-22H,6,9H2,1H3,(H,20,23)/t13-/m1/s1. The van der Waals surface area contributed by atoms with Gasteiger partial charge in [-0.15, -0.1) is 0 Å². The van der Waals surface area contributed by atoms with Gasteiger partial charge in [-0.05, 0) is 18.9 Å². The van der Waals surface area contributed by atoms with E-state index in [0.29, 0.717) is 18.6 Å². The Labute approximate surface area is 132 Å². The molecule has 0 radical (unpaired) electrons. The summed E-state index contributed by atoms with van der Waals surface area (Å²) in [7, 11) is 0. The number of aryl methyl sites for hydroxylation is 1. The molecule has 0 aliphatic carbocycles. The molecule has 1 amide bonds. The zero-order valence-corrected chi connectivity index (χ0v) is 12.5. The molecule has 0 saturated heterocycles. The Morgan fingerprint density at radius 1 is 1.22 bits per heavy atom. The molecule has 6 heteroatoms. The van der Waals surface area contributed by atoms with Crippen LogP contribution in [0.15, 0.2) is 36.4 Å². The molecule has 122 valence electrons. The van der Waals surface area contributed by atoms with Gasteiger partial charge in [0.05, 0.1) is 12.6 Å². The summed E-state index contributed by atoms with van der Waals surface area (Å²) in [6, 6.07) is 8.04. The van der Waals surface area contributed by atoms with Crippen molar-refractivity contribution in [1.29, 1.82) is 0 Å². The second-order valence-electron chi connectivity index (χ2n) is 5.32. The van der Waals surface area contributed by atoms with Crippen molar-refractivity contribution >= 4 is 5.91 Å². The Bertz CT molecular complexity index is 678. The first-order chi connectivity index (χ1) is 10.9. The third-order valence-electron chi connectivity index (χ3n) is 3.42. The molecule has 0 bridgehead atoms. The van der Waals surface area contributed by atoms with Gasteiger partial charge in [0, 0.05) is 12.1 Å². The number of aromatic hydroxyl groups is 1. The van der Waals surface area contributed by atoms with Crippen LogP contribution in [-0.2, 0) is 6.42 Å². The third-order valence-corrected chi connectivity index (χ3v) is 3.42. The molecule has 0 unspecified atom stereocenters. The molecule has 0 aliphatic heterocycles. The van der Waals surface area contributed by atoms with Crippen molar-refractivity contribution in [3.8, 4) is 5.75 Å². The van der Waals surface area contributed by atoms with Crippen LogP contribution in [0.1, 0.15) is 21.5 Å². The Morgan fingerprint density at radius 3 is 2.43 bits per heavy atom. The maximum absolute atomic E-state index is 13.7. The van der Waals surface area contributed by atoms with Crippen molar-refractivity contribution in [1.82, 2.24) is 5.32 Å². The molecule has 4 nitrogen and oxygen atoms in total. The van der Waals surface area contributed by atoms with Gasteiger partial charge in [-0.25, -0.2) is 8.78 Å². The van der Waals surface area contributed by atoms with Gasteiger partial charge in [0.2, 0.25) is 0 Å². The van der Waals surface area contributed by atoms with E-state index in [-0.39, 0.29) is 6.61 Å². The number of hydrogen-bond acceptors (Lipinski definition) is 3. The summed E-state index contributed by atoms with van der Waals surface area (Å²) in [5, 5.41) is 21.4. The predicted octanol–water partition coefficient (Wildman–Crippen LogP) is 2.31. The van der Waals surface area contributed by atoms with Crippen LogP contribution in [0.2, 0.25) is 0 Å². The number of phenols is 1. The average molecular weight is 321 g/mol. The molecule has 2 rings (SSSR count). The minimum Gasteiger partial charge on any atom is -0.507 e. The normalized spacial score (nSPS) is 12.0. The van der Waals surface area contributed by atoms with Crippen LogP contribution < -0.4 is 5.32 Å². The first kappa shape index (κ1) is 16.9. The van der Waals surface area contributed by atoms with Gasteiger partial charge in [-0.1, -0.05) is 29.8 Å². The molecular formula is C17H17F2NO3. The Hall–Kier alpha value is -2.47. The van der Waals surface area contributed by atoms with E-state index in [1.54, 1.807) is 0 Å². The van der Waals surface area contributed by atoms with Crippen LogP contribution in [-0.4, -0.2) is 28.8 Å². The highest BCUT2D eigenvalue weighted by atomic mass is 19.1. The molecule has 0 fully saturated rings. The maximum Gasteiger partial charge on any atom is 0.258 e. The van der Waals surface area contributed by atoms with E-state index >= 15 is 0 Å². The van der Waals surface area contributed by atoms with Crippen LogP contribution in [0.5, 0.6) is 5.75 Å². The smallest absolute Gasteiger partial charge is 0.258 e. The first-order valence-corrected chi connectivity index (χ1v) is 7.06. The highest BCUT2D eigenvalue weighted by molar-refractivity contribution is 5.97. The second-order valence-corrected chi connectivity index (χ2v) is 5.32. The summed E-state index contributed by atoms with van der Waals surface area (Å²) in [5.41, 5.74) is 1.32. The van der Waals surface area contributed by atoms with Crippen molar-refractivity contribution in [2.75, 3.05) is 6.61 Å². The topological polar surface area (TPSA) is 69.6 Å². The maximum atomic E-state index is 13.7. The fraction of sp³-hybridized carbons (Fsp3) is 0.235. The van der Waals surface area contributed by atoms with E-state index in [1.165, 1.54) is 0 Å².